The van der Waals surface area contributed by atoms with E-state index in [0.717, 1.165) is 22.6 Å². The van der Waals surface area contributed by atoms with Crippen LogP contribution in [0.15, 0.2) is 29.4 Å². The second-order valence-corrected chi connectivity index (χ2v) is 8.49. The van der Waals surface area contributed by atoms with Gasteiger partial charge in [-0.25, -0.2) is 9.78 Å². The number of amides is 1. The summed E-state index contributed by atoms with van der Waals surface area (Å²) in [5.74, 6) is 0.834. The first kappa shape index (κ1) is 22.8. The lowest BCUT2D eigenvalue weighted by Crippen LogP contribution is -2.14. The third-order valence-corrected chi connectivity index (χ3v) is 6.22. The lowest BCUT2D eigenvalue weighted by atomic mass is 10.2. The Morgan fingerprint density at radius 1 is 1.19 bits per heavy atom. The quantitative estimate of drug-likeness (QED) is 0.382. The van der Waals surface area contributed by atoms with E-state index in [2.05, 4.69) is 20.5 Å². The zero-order chi connectivity index (χ0) is 22.4. The molecule has 1 N–H and O–H groups in total. The van der Waals surface area contributed by atoms with Crippen LogP contribution in [-0.2, 0) is 23.2 Å². The van der Waals surface area contributed by atoms with Gasteiger partial charge in [0.25, 0.3) is 0 Å². The van der Waals surface area contributed by atoms with Crippen molar-refractivity contribution in [3.8, 4) is 5.75 Å². The molecule has 3 rings (SSSR count). The number of carbonyl (C=O) groups is 2. The number of thiazole rings is 1. The average Bonchev–Trinajstić information content (AvgIpc) is 3.28. The second kappa shape index (κ2) is 10.4. The van der Waals surface area contributed by atoms with Gasteiger partial charge < -0.3 is 19.4 Å². The molecular weight excluding hydrogens is 438 g/mol. The molecule has 2 aromatic heterocycles. The fraction of sp³-hybridized carbons (Fsp3) is 0.350. The number of aromatic nitrogens is 4. The highest BCUT2D eigenvalue weighted by Crippen LogP contribution is 2.24. The molecule has 1 aromatic carbocycles. The van der Waals surface area contributed by atoms with Gasteiger partial charge in [-0.05, 0) is 32.9 Å². The van der Waals surface area contributed by atoms with Crippen molar-refractivity contribution in [3.63, 3.8) is 0 Å². The number of anilines is 1. The van der Waals surface area contributed by atoms with Gasteiger partial charge in [0.15, 0.2) is 16.1 Å². The number of hydrogen-bond donors (Lipinski definition) is 1. The van der Waals surface area contributed by atoms with Gasteiger partial charge in [-0.3, -0.25) is 4.79 Å². The molecule has 3 aromatic rings. The Morgan fingerprint density at radius 2 is 1.94 bits per heavy atom. The van der Waals surface area contributed by atoms with Crippen LogP contribution in [0.5, 0.6) is 5.75 Å². The van der Waals surface area contributed by atoms with E-state index in [1.165, 1.54) is 11.8 Å². The first-order valence-electron chi connectivity index (χ1n) is 9.52. The normalized spacial score (nSPS) is 10.7. The Balaban J connectivity index is 1.52. The Morgan fingerprint density at radius 3 is 2.65 bits per heavy atom. The summed E-state index contributed by atoms with van der Waals surface area (Å²) in [6.07, 6.45) is 0. The smallest absolute Gasteiger partial charge is 0.350 e. The minimum absolute atomic E-state index is 0.123. The van der Waals surface area contributed by atoms with E-state index in [1.54, 1.807) is 18.4 Å². The zero-order valence-corrected chi connectivity index (χ0v) is 19.3. The summed E-state index contributed by atoms with van der Waals surface area (Å²) in [4.78, 5) is 28.8. The predicted octanol–water partition coefficient (Wildman–Crippen LogP) is 3.37. The van der Waals surface area contributed by atoms with Crippen molar-refractivity contribution in [1.82, 2.24) is 19.7 Å². The van der Waals surface area contributed by atoms with Gasteiger partial charge >= 0.3 is 5.97 Å². The maximum absolute atomic E-state index is 12.3. The zero-order valence-electron chi connectivity index (χ0n) is 17.7. The number of benzene rings is 1. The van der Waals surface area contributed by atoms with Crippen LogP contribution < -0.4 is 10.1 Å². The largest absolute Gasteiger partial charge is 0.486 e. The summed E-state index contributed by atoms with van der Waals surface area (Å²) in [6, 6.07) is 7.76. The van der Waals surface area contributed by atoms with Crippen molar-refractivity contribution in [2.45, 2.75) is 32.5 Å². The molecule has 2 heterocycles. The Kier molecular flexibility index (Phi) is 7.64. The molecule has 11 heteroatoms. The third-order valence-electron chi connectivity index (χ3n) is 4.15. The van der Waals surface area contributed by atoms with Gasteiger partial charge in [0, 0.05) is 7.05 Å². The van der Waals surface area contributed by atoms with Gasteiger partial charge in [0.05, 0.1) is 18.1 Å². The van der Waals surface area contributed by atoms with Gasteiger partial charge in [-0.2, -0.15) is 0 Å². The van der Waals surface area contributed by atoms with Crippen molar-refractivity contribution < 1.29 is 19.1 Å². The van der Waals surface area contributed by atoms with E-state index in [4.69, 9.17) is 9.47 Å². The summed E-state index contributed by atoms with van der Waals surface area (Å²) in [5, 5.41) is 11.9. The molecule has 0 unspecified atom stereocenters. The Labute approximate surface area is 188 Å². The van der Waals surface area contributed by atoms with E-state index in [0.29, 0.717) is 26.7 Å². The molecular formula is C20H23N5O4S2. The fourth-order valence-electron chi connectivity index (χ4n) is 2.50. The van der Waals surface area contributed by atoms with Gasteiger partial charge in [0.1, 0.15) is 17.2 Å². The van der Waals surface area contributed by atoms with Crippen molar-refractivity contribution in [1.29, 1.82) is 0 Å². The van der Waals surface area contributed by atoms with Crippen molar-refractivity contribution in [2.24, 2.45) is 7.05 Å². The molecule has 0 aliphatic heterocycles. The van der Waals surface area contributed by atoms with Gasteiger partial charge in [-0.15, -0.1) is 10.2 Å². The molecule has 0 atom stereocenters. The average molecular weight is 462 g/mol. The minimum Gasteiger partial charge on any atom is -0.486 e. The molecule has 0 spiro atoms. The lowest BCUT2D eigenvalue weighted by Gasteiger charge is -2.07. The van der Waals surface area contributed by atoms with Gasteiger partial charge in [-0.1, -0.05) is 40.8 Å². The molecule has 9 nitrogen and oxygen atoms in total. The summed E-state index contributed by atoms with van der Waals surface area (Å²) >= 11 is 2.34. The van der Waals surface area contributed by atoms with Crippen molar-refractivity contribution in [2.75, 3.05) is 17.7 Å². The standard InChI is InChI=1S/C20H23N5O4S2/c1-5-28-18(27)17-13(3)21-19(31-17)22-16(26)11-30-20-24-23-15(25(20)4)10-29-14-8-6-12(2)7-9-14/h6-9H,5,10-11H2,1-4H3,(H,21,22,26). The molecule has 0 fully saturated rings. The third kappa shape index (κ3) is 6.05. The van der Waals surface area contributed by atoms with Crippen LogP contribution in [-0.4, -0.2) is 44.0 Å². The Hall–Kier alpha value is -2.92. The maximum Gasteiger partial charge on any atom is 0.350 e. The van der Waals surface area contributed by atoms with Gasteiger partial charge in [0.2, 0.25) is 5.91 Å². The number of nitrogens with one attached hydrogen (secondary N) is 1. The first-order valence-corrected chi connectivity index (χ1v) is 11.3. The molecule has 164 valence electrons. The minimum atomic E-state index is -0.438. The van der Waals surface area contributed by atoms with Crippen LogP contribution >= 0.6 is 23.1 Å². The first-order chi connectivity index (χ1) is 14.9. The van der Waals surface area contributed by atoms with Crippen LogP contribution in [0.1, 0.15) is 33.7 Å². The van der Waals surface area contributed by atoms with Crippen LogP contribution in [0.25, 0.3) is 0 Å². The predicted molar refractivity (Wildman–Crippen MR) is 119 cm³/mol. The maximum atomic E-state index is 12.3. The number of aryl methyl sites for hydroxylation is 2. The number of nitrogens with zero attached hydrogens (tertiary/aromatic N) is 4. The monoisotopic (exact) mass is 461 g/mol. The number of ether oxygens (including phenoxy) is 2. The molecule has 0 bridgehead atoms. The highest BCUT2D eigenvalue weighted by Gasteiger charge is 2.18. The molecule has 0 aliphatic rings. The number of thioether (sulfide) groups is 1. The summed E-state index contributed by atoms with van der Waals surface area (Å²) < 4.78 is 12.5. The molecule has 0 aliphatic carbocycles. The lowest BCUT2D eigenvalue weighted by molar-refractivity contribution is -0.113. The number of rotatable bonds is 9. The molecule has 0 saturated heterocycles. The second-order valence-electron chi connectivity index (χ2n) is 6.55. The van der Waals surface area contributed by atoms with Crippen molar-refractivity contribution in [3.05, 3.63) is 46.2 Å². The fourth-order valence-corrected chi connectivity index (χ4v) is 4.11. The van der Waals surface area contributed by atoms with Crippen molar-refractivity contribution >= 4 is 40.1 Å². The molecule has 1 amide bonds. The van der Waals surface area contributed by atoms with E-state index >= 15 is 0 Å². The van der Waals surface area contributed by atoms with E-state index < -0.39 is 5.97 Å². The summed E-state index contributed by atoms with van der Waals surface area (Å²) in [6.45, 7) is 6.01. The number of esters is 1. The molecule has 0 saturated carbocycles. The van der Waals surface area contributed by atoms with E-state index in [9.17, 15) is 9.59 Å². The number of hydrogen-bond acceptors (Lipinski definition) is 9. The Bertz CT molecular complexity index is 1060. The molecule has 0 radical (unpaired) electrons. The summed E-state index contributed by atoms with van der Waals surface area (Å²) in [5.41, 5.74) is 1.69. The van der Waals surface area contributed by atoms with Crippen LogP contribution in [0, 0.1) is 13.8 Å². The van der Waals surface area contributed by atoms with Crippen LogP contribution in [0.2, 0.25) is 0 Å². The highest BCUT2D eigenvalue weighted by atomic mass is 32.2. The number of carbonyl (C=O) groups excluding carboxylic acids is 2. The highest BCUT2D eigenvalue weighted by molar-refractivity contribution is 7.99. The molecule has 31 heavy (non-hydrogen) atoms. The van der Waals surface area contributed by atoms with Crippen LogP contribution in [0.3, 0.4) is 0 Å². The topological polar surface area (TPSA) is 108 Å². The summed E-state index contributed by atoms with van der Waals surface area (Å²) in [7, 11) is 1.82. The van der Waals surface area contributed by atoms with Crippen LogP contribution in [0.4, 0.5) is 5.13 Å². The SMILES string of the molecule is CCOC(=O)c1sc(NC(=O)CSc2nnc(COc3ccc(C)cc3)n2C)nc1C. The van der Waals surface area contributed by atoms with E-state index in [-0.39, 0.29) is 24.9 Å². The van der Waals surface area contributed by atoms with E-state index in [1.807, 2.05) is 38.2 Å².